The monoisotopic (exact) mass is 431 g/mol. The van der Waals surface area contributed by atoms with Crippen LogP contribution in [0.2, 0.25) is 5.02 Å². The van der Waals surface area contributed by atoms with Gasteiger partial charge in [-0.3, -0.25) is 10.00 Å². The number of hydrogen-bond acceptors (Lipinski definition) is 3. The summed E-state index contributed by atoms with van der Waals surface area (Å²) in [6.45, 7) is 3.24. The number of piperidine rings is 1. The second-order valence-electron chi connectivity index (χ2n) is 8.44. The van der Waals surface area contributed by atoms with Gasteiger partial charge < -0.3 is 4.74 Å². The summed E-state index contributed by atoms with van der Waals surface area (Å²) in [6.07, 6.45) is 5.57. The molecule has 0 spiro atoms. The lowest BCUT2D eigenvalue weighted by atomic mass is 9.90. The highest BCUT2D eigenvalue weighted by Gasteiger charge is 2.20. The van der Waals surface area contributed by atoms with Gasteiger partial charge in [0, 0.05) is 23.5 Å². The van der Waals surface area contributed by atoms with Gasteiger partial charge in [-0.2, -0.15) is 5.10 Å². The minimum Gasteiger partial charge on any atom is -0.457 e. The van der Waals surface area contributed by atoms with Crippen molar-refractivity contribution < 1.29 is 4.74 Å². The van der Waals surface area contributed by atoms with Crippen molar-refractivity contribution in [2.24, 2.45) is 5.92 Å². The molecule has 1 atom stereocenters. The highest BCUT2D eigenvalue weighted by atomic mass is 35.5. The Morgan fingerprint density at radius 1 is 1.00 bits per heavy atom. The normalized spacial score (nSPS) is 17.1. The van der Waals surface area contributed by atoms with Gasteiger partial charge in [0.15, 0.2) is 0 Å². The third kappa shape index (κ3) is 5.09. The quantitative estimate of drug-likeness (QED) is 0.380. The lowest BCUT2D eigenvalue weighted by molar-refractivity contribution is 0.167. The fourth-order valence-electron chi connectivity index (χ4n) is 4.52. The largest absolute Gasteiger partial charge is 0.457 e. The molecule has 31 heavy (non-hydrogen) atoms. The van der Waals surface area contributed by atoms with E-state index in [1.54, 1.807) is 0 Å². The molecule has 4 nitrogen and oxygen atoms in total. The summed E-state index contributed by atoms with van der Waals surface area (Å²) in [6, 6.07) is 22.5. The first-order valence-corrected chi connectivity index (χ1v) is 11.3. The number of hydrogen-bond donors (Lipinski definition) is 1. The average Bonchev–Trinajstić information content (AvgIpc) is 3.24. The molecule has 4 aromatic rings. The van der Waals surface area contributed by atoms with Crippen LogP contribution in [-0.4, -0.2) is 28.2 Å². The maximum atomic E-state index is 6.01. The number of rotatable bonds is 6. The maximum Gasteiger partial charge on any atom is 0.127 e. The summed E-state index contributed by atoms with van der Waals surface area (Å²) in [4.78, 5) is 2.58. The molecule has 1 aliphatic heterocycles. The Morgan fingerprint density at radius 2 is 1.90 bits per heavy atom. The molecule has 2 heterocycles. The number of halogens is 1. The molecule has 1 fully saturated rings. The van der Waals surface area contributed by atoms with Gasteiger partial charge in [0.2, 0.25) is 0 Å². The van der Waals surface area contributed by atoms with Gasteiger partial charge in [0.05, 0.1) is 11.7 Å². The molecule has 1 N–H and O–H groups in total. The number of fused-ring (bicyclic) bond motifs is 1. The topological polar surface area (TPSA) is 41.1 Å². The fraction of sp³-hybridized carbons (Fsp3) is 0.269. The number of benzene rings is 3. The summed E-state index contributed by atoms with van der Waals surface area (Å²) in [5.41, 5.74) is 3.79. The van der Waals surface area contributed by atoms with E-state index in [1.165, 1.54) is 29.4 Å². The van der Waals surface area contributed by atoms with Crippen LogP contribution in [0.4, 0.5) is 0 Å². The van der Waals surface area contributed by atoms with Crippen molar-refractivity contribution in [3.8, 4) is 11.5 Å². The van der Waals surface area contributed by atoms with E-state index in [0.29, 0.717) is 10.9 Å². The van der Waals surface area contributed by atoms with Crippen molar-refractivity contribution in [3.63, 3.8) is 0 Å². The molecule has 158 valence electrons. The summed E-state index contributed by atoms with van der Waals surface area (Å²) in [7, 11) is 0. The first-order chi connectivity index (χ1) is 15.2. The first-order valence-electron chi connectivity index (χ1n) is 10.9. The van der Waals surface area contributed by atoms with Crippen molar-refractivity contribution in [1.82, 2.24) is 15.1 Å². The number of H-pyrrole nitrogens is 1. The van der Waals surface area contributed by atoms with Crippen LogP contribution in [0.25, 0.3) is 10.9 Å². The van der Waals surface area contributed by atoms with Gasteiger partial charge in [0.25, 0.3) is 0 Å². The van der Waals surface area contributed by atoms with Gasteiger partial charge in [-0.15, -0.1) is 0 Å². The highest BCUT2D eigenvalue weighted by molar-refractivity contribution is 6.30. The van der Waals surface area contributed by atoms with Crippen LogP contribution in [0.1, 0.15) is 24.0 Å². The molecule has 1 saturated heterocycles. The van der Waals surface area contributed by atoms with E-state index in [1.807, 2.05) is 36.5 Å². The Labute approximate surface area is 187 Å². The SMILES string of the molecule is Clc1ccc(Oc2cccc(CN3CCCC(Cc4ccc5[nH]ncc5c4)C3)c2)cc1. The van der Waals surface area contributed by atoms with E-state index in [-0.39, 0.29) is 0 Å². The highest BCUT2D eigenvalue weighted by Crippen LogP contribution is 2.27. The van der Waals surface area contributed by atoms with Gasteiger partial charge in [0.1, 0.15) is 11.5 Å². The number of likely N-dealkylation sites (tertiary alicyclic amines) is 1. The summed E-state index contributed by atoms with van der Waals surface area (Å²) in [5.74, 6) is 2.35. The van der Waals surface area contributed by atoms with Crippen LogP contribution >= 0.6 is 11.6 Å². The number of nitrogens with zero attached hydrogens (tertiary/aromatic N) is 2. The molecule has 5 rings (SSSR count). The van der Waals surface area contributed by atoms with Crippen LogP contribution in [0.15, 0.2) is 72.9 Å². The van der Waals surface area contributed by atoms with Crippen LogP contribution in [-0.2, 0) is 13.0 Å². The number of nitrogens with one attached hydrogen (secondary N) is 1. The summed E-state index contributed by atoms with van der Waals surface area (Å²) < 4.78 is 6.01. The van der Waals surface area contributed by atoms with E-state index in [0.717, 1.165) is 43.1 Å². The number of aromatic amines is 1. The predicted octanol–water partition coefficient (Wildman–Crippen LogP) is 6.46. The predicted molar refractivity (Wildman–Crippen MR) is 126 cm³/mol. The third-order valence-electron chi connectivity index (χ3n) is 5.99. The van der Waals surface area contributed by atoms with Crippen LogP contribution in [0.5, 0.6) is 11.5 Å². The fourth-order valence-corrected chi connectivity index (χ4v) is 4.64. The zero-order valence-electron chi connectivity index (χ0n) is 17.4. The molecule has 1 aromatic heterocycles. The lowest BCUT2D eigenvalue weighted by Gasteiger charge is -2.33. The van der Waals surface area contributed by atoms with Crippen molar-refractivity contribution in [2.75, 3.05) is 13.1 Å². The zero-order chi connectivity index (χ0) is 21.0. The first kappa shape index (κ1) is 20.1. The lowest BCUT2D eigenvalue weighted by Crippen LogP contribution is -2.35. The molecule has 0 bridgehead atoms. The number of ether oxygens (including phenoxy) is 1. The molecule has 5 heteroatoms. The van der Waals surface area contributed by atoms with Crippen molar-refractivity contribution >= 4 is 22.5 Å². The van der Waals surface area contributed by atoms with Crippen LogP contribution in [0, 0.1) is 5.92 Å². The van der Waals surface area contributed by atoms with E-state index >= 15 is 0 Å². The zero-order valence-corrected chi connectivity index (χ0v) is 18.2. The van der Waals surface area contributed by atoms with Crippen LogP contribution in [0.3, 0.4) is 0 Å². The van der Waals surface area contributed by atoms with Crippen LogP contribution < -0.4 is 4.74 Å². The minimum atomic E-state index is 0.687. The van der Waals surface area contributed by atoms with Crippen molar-refractivity contribution in [2.45, 2.75) is 25.8 Å². The maximum absolute atomic E-state index is 6.01. The van der Waals surface area contributed by atoms with E-state index < -0.39 is 0 Å². The average molecular weight is 432 g/mol. The standard InChI is InChI=1S/C26H26ClN3O/c27-23-7-9-24(10-8-23)31-25-5-1-3-21(15-25)18-30-12-2-4-20(17-30)13-19-6-11-26-22(14-19)16-28-29-26/h1,3,5-11,14-16,20H,2,4,12-13,17-18H2,(H,28,29). The minimum absolute atomic E-state index is 0.687. The molecular weight excluding hydrogens is 406 g/mol. The van der Waals surface area contributed by atoms with Gasteiger partial charge in [-0.25, -0.2) is 0 Å². The molecule has 0 aliphatic carbocycles. The molecular formula is C26H26ClN3O. The Morgan fingerprint density at radius 3 is 2.81 bits per heavy atom. The van der Waals surface area contributed by atoms with Crippen molar-refractivity contribution in [1.29, 1.82) is 0 Å². The summed E-state index contributed by atoms with van der Waals surface area (Å²) >= 11 is 5.97. The molecule has 1 unspecified atom stereocenters. The Balaban J connectivity index is 1.21. The molecule has 0 radical (unpaired) electrons. The Bertz CT molecular complexity index is 1150. The Hall–Kier alpha value is -2.82. The second kappa shape index (κ2) is 9.13. The molecule has 1 aliphatic rings. The molecule has 0 amide bonds. The number of aromatic nitrogens is 2. The van der Waals surface area contributed by atoms with E-state index in [2.05, 4.69) is 51.5 Å². The van der Waals surface area contributed by atoms with Crippen molar-refractivity contribution in [3.05, 3.63) is 89.1 Å². The third-order valence-corrected chi connectivity index (χ3v) is 6.24. The Kier molecular flexibility index (Phi) is 5.92. The molecule has 3 aromatic carbocycles. The van der Waals surface area contributed by atoms with Gasteiger partial charge >= 0.3 is 0 Å². The summed E-state index contributed by atoms with van der Waals surface area (Å²) in [5, 5.41) is 9.08. The van der Waals surface area contributed by atoms with E-state index in [9.17, 15) is 0 Å². The second-order valence-corrected chi connectivity index (χ2v) is 8.88. The van der Waals surface area contributed by atoms with E-state index in [4.69, 9.17) is 16.3 Å². The smallest absolute Gasteiger partial charge is 0.127 e. The van der Waals surface area contributed by atoms with Gasteiger partial charge in [-0.05, 0) is 91.4 Å². The van der Waals surface area contributed by atoms with Gasteiger partial charge in [-0.1, -0.05) is 29.8 Å². The molecule has 0 saturated carbocycles.